The predicted molar refractivity (Wildman–Crippen MR) is 108 cm³/mol. The van der Waals surface area contributed by atoms with Crippen LogP contribution in [0.15, 0.2) is 54.6 Å². The quantitative estimate of drug-likeness (QED) is 0.718. The highest BCUT2D eigenvalue weighted by Crippen LogP contribution is 2.44. The first-order chi connectivity index (χ1) is 13.2. The molecule has 0 unspecified atom stereocenters. The number of amides is 1. The summed E-state index contributed by atoms with van der Waals surface area (Å²) in [5.74, 6) is 0.154. The molecule has 138 valence electrons. The normalized spacial score (nSPS) is 19.4. The number of carbonyl (C=O) groups is 1. The van der Waals surface area contributed by atoms with Crippen molar-refractivity contribution < 1.29 is 4.79 Å². The van der Waals surface area contributed by atoms with E-state index >= 15 is 0 Å². The average molecular weight is 359 g/mol. The fourth-order valence-corrected chi connectivity index (χ4v) is 5.02. The molecule has 1 spiro atoms. The van der Waals surface area contributed by atoms with Crippen molar-refractivity contribution in [1.82, 2.24) is 14.8 Å². The number of likely N-dealkylation sites (tertiary alicyclic amines) is 1. The maximum absolute atomic E-state index is 12.8. The van der Waals surface area contributed by atoms with E-state index in [4.69, 9.17) is 0 Å². The number of carbonyl (C=O) groups excluding carboxylic acids is 1. The van der Waals surface area contributed by atoms with E-state index in [1.54, 1.807) is 0 Å². The molecule has 4 nitrogen and oxygen atoms in total. The summed E-state index contributed by atoms with van der Waals surface area (Å²) in [5.41, 5.74) is 4.90. The third-order valence-electron chi connectivity index (χ3n) is 6.61. The molecular weight excluding hydrogens is 334 g/mol. The van der Waals surface area contributed by atoms with Crippen molar-refractivity contribution >= 4 is 16.8 Å². The Morgan fingerprint density at radius 3 is 2.44 bits per heavy atom. The first kappa shape index (κ1) is 16.6. The SMILES string of the molecule is CN1CCc2c([nH]c3ccccc23)C12CCN(C(=O)c1ccccc1)CC2. The van der Waals surface area contributed by atoms with Crippen LogP contribution in [-0.2, 0) is 12.0 Å². The Morgan fingerprint density at radius 2 is 1.67 bits per heavy atom. The van der Waals surface area contributed by atoms with Crippen molar-refractivity contribution in [2.75, 3.05) is 26.7 Å². The number of nitrogens with one attached hydrogen (secondary N) is 1. The molecule has 0 atom stereocenters. The number of nitrogens with zero attached hydrogens (tertiary/aromatic N) is 2. The minimum Gasteiger partial charge on any atom is -0.357 e. The first-order valence-electron chi connectivity index (χ1n) is 9.85. The topological polar surface area (TPSA) is 39.3 Å². The molecule has 0 aliphatic carbocycles. The maximum Gasteiger partial charge on any atom is 0.253 e. The summed E-state index contributed by atoms with van der Waals surface area (Å²) in [5, 5.41) is 1.36. The molecule has 27 heavy (non-hydrogen) atoms. The van der Waals surface area contributed by atoms with Crippen LogP contribution in [0.4, 0.5) is 0 Å². The molecule has 0 bridgehead atoms. The van der Waals surface area contributed by atoms with Crippen LogP contribution >= 0.6 is 0 Å². The van der Waals surface area contributed by atoms with Crippen molar-refractivity contribution in [1.29, 1.82) is 0 Å². The number of H-pyrrole nitrogens is 1. The molecule has 0 saturated carbocycles. The van der Waals surface area contributed by atoms with E-state index in [9.17, 15) is 4.79 Å². The zero-order valence-corrected chi connectivity index (χ0v) is 15.7. The molecule has 1 aromatic heterocycles. The summed E-state index contributed by atoms with van der Waals surface area (Å²) in [4.78, 5) is 21.1. The summed E-state index contributed by atoms with van der Waals surface area (Å²) >= 11 is 0. The van der Waals surface area contributed by atoms with Gasteiger partial charge in [-0.15, -0.1) is 0 Å². The predicted octanol–water partition coefficient (Wildman–Crippen LogP) is 3.79. The summed E-state index contributed by atoms with van der Waals surface area (Å²) in [6.07, 6.45) is 3.04. The van der Waals surface area contributed by atoms with Gasteiger partial charge in [-0.05, 0) is 50.1 Å². The van der Waals surface area contributed by atoms with Crippen LogP contribution in [0, 0.1) is 0 Å². The Bertz CT molecular complexity index is 983. The van der Waals surface area contributed by atoms with E-state index in [1.807, 2.05) is 35.2 Å². The molecule has 2 aliphatic rings. The first-order valence-corrected chi connectivity index (χ1v) is 9.85. The number of benzene rings is 2. The van der Waals surface area contributed by atoms with Gasteiger partial charge in [-0.1, -0.05) is 36.4 Å². The Hall–Kier alpha value is -2.59. The van der Waals surface area contributed by atoms with Crippen LogP contribution < -0.4 is 0 Å². The smallest absolute Gasteiger partial charge is 0.253 e. The molecule has 2 aromatic carbocycles. The molecular formula is C23H25N3O. The number of aromatic amines is 1. The Kier molecular flexibility index (Phi) is 3.83. The average Bonchev–Trinajstić information content (AvgIpc) is 3.11. The monoisotopic (exact) mass is 359 g/mol. The summed E-state index contributed by atoms with van der Waals surface area (Å²) in [7, 11) is 2.24. The Labute approximate surface area is 159 Å². The van der Waals surface area contributed by atoms with Crippen molar-refractivity contribution in [3.05, 3.63) is 71.4 Å². The van der Waals surface area contributed by atoms with Crippen LogP contribution in [0.5, 0.6) is 0 Å². The van der Waals surface area contributed by atoms with E-state index < -0.39 is 0 Å². The molecule has 3 heterocycles. The fraction of sp³-hybridized carbons (Fsp3) is 0.348. The second-order valence-corrected chi connectivity index (χ2v) is 7.89. The van der Waals surface area contributed by atoms with Gasteiger partial charge in [0.25, 0.3) is 5.91 Å². The second-order valence-electron chi connectivity index (χ2n) is 7.89. The zero-order valence-electron chi connectivity index (χ0n) is 15.7. The number of hydrogen-bond donors (Lipinski definition) is 1. The van der Waals surface area contributed by atoms with Crippen LogP contribution in [0.1, 0.15) is 34.5 Å². The van der Waals surface area contributed by atoms with Gasteiger partial charge >= 0.3 is 0 Å². The minimum atomic E-state index is 0.0140. The molecule has 4 heteroatoms. The number of rotatable bonds is 1. The van der Waals surface area contributed by atoms with Crippen molar-refractivity contribution in [2.24, 2.45) is 0 Å². The van der Waals surface area contributed by atoms with Gasteiger partial charge in [0.2, 0.25) is 0 Å². The van der Waals surface area contributed by atoms with Crippen molar-refractivity contribution in [2.45, 2.75) is 24.8 Å². The van der Waals surface area contributed by atoms with Crippen molar-refractivity contribution in [3.8, 4) is 0 Å². The van der Waals surface area contributed by atoms with Crippen LogP contribution in [-0.4, -0.2) is 47.4 Å². The van der Waals surface area contributed by atoms with Gasteiger partial charge < -0.3 is 9.88 Å². The van der Waals surface area contributed by atoms with E-state index in [-0.39, 0.29) is 11.4 Å². The fourth-order valence-electron chi connectivity index (χ4n) is 5.02. The van der Waals surface area contributed by atoms with Gasteiger partial charge in [-0.3, -0.25) is 9.69 Å². The molecule has 1 N–H and O–H groups in total. The molecule has 1 amide bonds. The highest BCUT2D eigenvalue weighted by molar-refractivity contribution is 5.94. The lowest BCUT2D eigenvalue weighted by Gasteiger charge is -2.49. The van der Waals surface area contributed by atoms with E-state index in [1.165, 1.54) is 22.2 Å². The number of fused-ring (bicyclic) bond motifs is 4. The molecule has 3 aromatic rings. The van der Waals surface area contributed by atoms with Crippen molar-refractivity contribution in [3.63, 3.8) is 0 Å². The van der Waals surface area contributed by atoms with E-state index in [2.05, 4.69) is 41.2 Å². The van der Waals surface area contributed by atoms with Gasteiger partial charge in [-0.2, -0.15) is 0 Å². The molecule has 1 saturated heterocycles. The molecule has 2 aliphatic heterocycles. The number of para-hydroxylation sites is 1. The zero-order chi connectivity index (χ0) is 18.4. The van der Waals surface area contributed by atoms with E-state index in [0.29, 0.717) is 0 Å². The number of piperidine rings is 1. The highest BCUT2D eigenvalue weighted by Gasteiger charge is 2.45. The summed E-state index contributed by atoms with van der Waals surface area (Å²) < 4.78 is 0. The third-order valence-corrected chi connectivity index (χ3v) is 6.61. The summed E-state index contributed by atoms with van der Waals surface area (Å²) in [6.45, 7) is 2.67. The van der Waals surface area contributed by atoms with Gasteiger partial charge in [0.05, 0.1) is 5.54 Å². The lowest BCUT2D eigenvalue weighted by atomic mass is 9.78. The van der Waals surface area contributed by atoms with Gasteiger partial charge in [0, 0.05) is 41.8 Å². The molecule has 5 rings (SSSR count). The maximum atomic E-state index is 12.8. The van der Waals surface area contributed by atoms with Gasteiger partial charge in [0.15, 0.2) is 0 Å². The largest absolute Gasteiger partial charge is 0.357 e. The Balaban J connectivity index is 1.46. The van der Waals surface area contributed by atoms with Crippen LogP contribution in [0.25, 0.3) is 10.9 Å². The highest BCUT2D eigenvalue weighted by atomic mass is 16.2. The molecule has 1 fully saturated rings. The number of hydrogen-bond acceptors (Lipinski definition) is 2. The second kappa shape index (κ2) is 6.24. The molecule has 0 radical (unpaired) electrons. The number of likely N-dealkylation sites (N-methyl/N-ethyl adjacent to an activating group) is 1. The number of aromatic nitrogens is 1. The van der Waals surface area contributed by atoms with E-state index in [0.717, 1.165) is 44.5 Å². The minimum absolute atomic E-state index is 0.0140. The lowest BCUT2D eigenvalue weighted by Crippen LogP contribution is -2.55. The summed E-state index contributed by atoms with van der Waals surface area (Å²) in [6, 6.07) is 18.3. The van der Waals surface area contributed by atoms with Gasteiger partial charge in [-0.25, -0.2) is 0 Å². The Morgan fingerprint density at radius 1 is 0.963 bits per heavy atom. The van der Waals surface area contributed by atoms with Crippen LogP contribution in [0.3, 0.4) is 0 Å². The van der Waals surface area contributed by atoms with Gasteiger partial charge in [0.1, 0.15) is 0 Å². The standard InChI is InChI=1S/C23H25N3O/c1-25-14-11-19-18-9-5-6-10-20(18)24-21(19)23(25)12-15-26(16-13-23)22(27)17-7-3-2-4-8-17/h2-10,24H,11-16H2,1H3. The lowest BCUT2D eigenvalue weighted by molar-refractivity contribution is 0.0231. The van der Waals surface area contributed by atoms with Crippen LogP contribution in [0.2, 0.25) is 0 Å². The third kappa shape index (κ3) is 2.51.